The molecule has 0 saturated carbocycles. The summed E-state index contributed by atoms with van der Waals surface area (Å²) in [5.41, 5.74) is 2.48. The van der Waals surface area contributed by atoms with E-state index in [0.29, 0.717) is 18.2 Å². The van der Waals surface area contributed by atoms with E-state index in [1.165, 1.54) is 74.9 Å². The number of aliphatic imine (C=N–C) groups is 1. The zero-order chi connectivity index (χ0) is 28.2. The molecule has 1 N–H and O–H groups in total. The van der Waals surface area contributed by atoms with Crippen molar-refractivity contribution < 1.29 is 17.7 Å². The Morgan fingerprint density at radius 1 is 0.925 bits per heavy atom. The van der Waals surface area contributed by atoms with E-state index < -0.39 is 9.84 Å². The highest BCUT2D eigenvalue weighted by Crippen LogP contribution is 2.31. The average molecular weight is 566 g/mol. The second-order valence-corrected chi connectivity index (χ2v) is 13.6. The van der Waals surface area contributed by atoms with Crippen LogP contribution in [0.15, 0.2) is 63.2 Å². The second kappa shape index (κ2) is 12.2. The van der Waals surface area contributed by atoms with Gasteiger partial charge in [-0.1, -0.05) is 31.4 Å². The maximum Gasteiger partial charge on any atom is 0.269 e. The van der Waals surface area contributed by atoms with Gasteiger partial charge in [-0.15, -0.1) is 0 Å². The van der Waals surface area contributed by atoms with Crippen molar-refractivity contribution in [3.63, 3.8) is 0 Å². The zero-order valence-electron chi connectivity index (χ0n) is 23.7. The van der Waals surface area contributed by atoms with E-state index in [0.717, 1.165) is 30.8 Å². The Balaban J connectivity index is 1.18. The van der Waals surface area contributed by atoms with E-state index in [4.69, 9.17) is 4.99 Å². The first-order valence-corrected chi connectivity index (χ1v) is 16.0. The first-order valence-electron chi connectivity index (χ1n) is 14.5. The van der Waals surface area contributed by atoms with Crippen molar-refractivity contribution >= 4 is 27.4 Å². The average Bonchev–Trinajstić information content (AvgIpc) is 3.39. The van der Waals surface area contributed by atoms with Crippen molar-refractivity contribution in [2.75, 3.05) is 45.2 Å². The Kier molecular flexibility index (Phi) is 8.65. The molecule has 4 heterocycles. The Labute approximate surface area is 237 Å². The number of hydrogen-bond acceptors (Lipinski definition) is 7. The van der Waals surface area contributed by atoms with Gasteiger partial charge in [-0.3, -0.25) is 9.79 Å². The minimum Gasteiger partial charge on any atom is -0.347 e. The van der Waals surface area contributed by atoms with Gasteiger partial charge in [0.2, 0.25) is 15.8 Å². The third-order valence-electron chi connectivity index (χ3n) is 8.49. The molecular formula is C30H41N6O3S+. The molecule has 1 aromatic carbocycles. The molecule has 0 aliphatic carbocycles. The van der Waals surface area contributed by atoms with Crippen molar-refractivity contribution in [1.82, 2.24) is 15.3 Å². The van der Waals surface area contributed by atoms with Gasteiger partial charge in [-0.05, 0) is 49.5 Å². The van der Waals surface area contributed by atoms with Gasteiger partial charge < -0.3 is 14.7 Å². The molecule has 5 rings (SSSR count). The number of carbonyl (C=O) groups excluding carboxylic acids is 1. The van der Waals surface area contributed by atoms with Crippen LogP contribution in [0.4, 0.5) is 5.95 Å². The van der Waals surface area contributed by atoms with Crippen molar-refractivity contribution in [3.05, 3.63) is 54.0 Å². The fourth-order valence-corrected chi connectivity index (χ4v) is 7.27. The number of nitrogens with zero attached hydrogens (tertiary/aromatic N) is 5. The fourth-order valence-electron chi connectivity index (χ4n) is 6.12. The van der Waals surface area contributed by atoms with E-state index in [9.17, 15) is 13.2 Å². The molecule has 1 amide bonds. The van der Waals surface area contributed by atoms with Gasteiger partial charge >= 0.3 is 0 Å². The van der Waals surface area contributed by atoms with Crippen LogP contribution in [-0.4, -0.2) is 74.8 Å². The standard InChI is InChI=1S/C30H40N6O3S/c1-35(2)30-32-20-26(21-33-30)40(38,39)25-12-10-23(11-13-25)19-31-29(37)28-18-24-22-36(17-14-27(24)34-28)15-8-6-4-3-5-7-9-16-36/h10-13,18,20-21,24H,3-9,14-17,19,22H2,1-2H3/p+1. The summed E-state index contributed by atoms with van der Waals surface area (Å²) < 4.78 is 27.1. The molecule has 9 nitrogen and oxygen atoms in total. The number of quaternary nitrogens is 1. The lowest BCUT2D eigenvalue weighted by Gasteiger charge is -2.44. The highest BCUT2D eigenvalue weighted by molar-refractivity contribution is 7.91. The summed E-state index contributed by atoms with van der Waals surface area (Å²) in [6.07, 6.45) is 15.0. The molecule has 0 bridgehead atoms. The summed E-state index contributed by atoms with van der Waals surface area (Å²) in [5, 5.41) is 2.97. The Bertz CT molecular complexity index is 1360. The zero-order valence-corrected chi connectivity index (χ0v) is 24.5. The molecule has 40 heavy (non-hydrogen) atoms. The van der Waals surface area contributed by atoms with E-state index in [1.807, 2.05) is 0 Å². The number of carbonyl (C=O) groups is 1. The van der Waals surface area contributed by atoms with Crippen molar-refractivity contribution in [2.45, 2.75) is 67.7 Å². The number of benzene rings is 1. The number of aromatic nitrogens is 2. The summed E-state index contributed by atoms with van der Waals surface area (Å²) in [6.45, 7) is 5.00. The number of fused-ring (bicyclic) bond motifs is 1. The molecule has 2 fully saturated rings. The molecule has 10 heteroatoms. The van der Waals surface area contributed by atoms with E-state index in [2.05, 4.69) is 21.4 Å². The van der Waals surface area contributed by atoms with Crippen LogP contribution < -0.4 is 10.2 Å². The van der Waals surface area contributed by atoms with Gasteiger partial charge in [-0.25, -0.2) is 18.4 Å². The lowest BCUT2D eigenvalue weighted by atomic mass is 9.92. The molecule has 1 unspecified atom stereocenters. The minimum atomic E-state index is -3.73. The van der Waals surface area contributed by atoms with E-state index in [-0.39, 0.29) is 21.6 Å². The Hall–Kier alpha value is -3.11. The molecule has 3 aliphatic rings. The summed E-state index contributed by atoms with van der Waals surface area (Å²) in [7, 11) is -0.151. The van der Waals surface area contributed by atoms with Crippen LogP contribution in [0.1, 0.15) is 56.9 Å². The molecule has 1 atom stereocenters. The first kappa shape index (κ1) is 28.4. The number of rotatable bonds is 6. The predicted octanol–water partition coefficient (Wildman–Crippen LogP) is 3.91. The monoisotopic (exact) mass is 565 g/mol. The number of nitrogens with one attached hydrogen (secondary N) is 1. The molecule has 1 aromatic heterocycles. The van der Waals surface area contributed by atoms with Crippen LogP contribution >= 0.6 is 0 Å². The van der Waals surface area contributed by atoms with E-state index in [1.54, 1.807) is 43.3 Å². The molecule has 2 saturated heterocycles. The quantitative estimate of drug-likeness (QED) is 0.533. The molecule has 2 aromatic rings. The lowest BCUT2D eigenvalue weighted by molar-refractivity contribution is -0.931. The van der Waals surface area contributed by atoms with Crippen LogP contribution in [0.25, 0.3) is 0 Å². The molecule has 3 aliphatic heterocycles. The van der Waals surface area contributed by atoms with Crippen LogP contribution in [0, 0.1) is 5.92 Å². The summed E-state index contributed by atoms with van der Waals surface area (Å²) in [5.74, 6) is 0.526. The van der Waals surface area contributed by atoms with Crippen LogP contribution in [0.5, 0.6) is 0 Å². The number of amides is 1. The van der Waals surface area contributed by atoms with Crippen molar-refractivity contribution in [3.8, 4) is 0 Å². The summed E-state index contributed by atoms with van der Waals surface area (Å²) in [6, 6.07) is 6.54. The molecular weight excluding hydrogens is 524 g/mol. The highest BCUT2D eigenvalue weighted by atomic mass is 32.2. The lowest BCUT2D eigenvalue weighted by Crippen LogP contribution is -2.57. The largest absolute Gasteiger partial charge is 0.347 e. The van der Waals surface area contributed by atoms with E-state index >= 15 is 0 Å². The summed E-state index contributed by atoms with van der Waals surface area (Å²) >= 11 is 0. The topological polar surface area (TPSA) is 105 Å². The third kappa shape index (κ3) is 6.44. The van der Waals surface area contributed by atoms with Gasteiger partial charge in [0, 0.05) is 32.8 Å². The van der Waals surface area contributed by atoms with Crippen molar-refractivity contribution in [1.29, 1.82) is 0 Å². The highest BCUT2D eigenvalue weighted by Gasteiger charge is 2.39. The SMILES string of the molecule is CN(C)c1ncc(S(=O)(=O)c2ccc(CNC(=O)C3=CC4C[N+]5(CCCCCCCCC5)CCC4=N3)cc2)cn1. The van der Waals surface area contributed by atoms with Gasteiger partial charge in [-0.2, -0.15) is 0 Å². The third-order valence-corrected chi connectivity index (χ3v) is 10.2. The maximum atomic E-state index is 13.0. The predicted molar refractivity (Wildman–Crippen MR) is 156 cm³/mol. The van der Waals surface area contributed by atoms with Gasteiger partial charge in [0.05, 0.1) is 49.4 Å². The summed E-state index contributed by atoms with van der Waals surface area (Å²) in [4.78, 5) is 27.9. The second-order valence-electron chi connectivity index (χ2n) is 11.6. The number of sulfone groups is 1. The molecule has 0 radical (unpaired) electrons. The number of anilines is 1. The Morgan fingerprint density at radius 2 is 1.55 bits per heavy atom. The van der Waals surface area contributed by atoms with Crippen LogP contribution in [0.3, 0.4) is 0 Å². The van der Waals surface area contributed by atoms with Gasteiger partial charge in [0.15, 0.2) is 0 Å². The number of piperidine rings is 1. The van der Waals surface area contributed by atoms with Crippen LogP contribution in [-0.2, 0) is 21.2 Å². The normalized spacial score (nSPS) is 21.2. The first-order chi connectivity index (χ1) is 19.3. The van der Waals surface area contributed by atoms with Gasteiger partial charge in [0.25, 0.3) is 5.91 Å². The van der Waals surface area contributed by atoms with Crippen LogP contribution in [0.2, 0.25) is 0 Å². The molecule has 1 spiro atoms. The maximum absolute atomic E-state index is 13.0. The molecule has 214 valence electrons. The Morgan fingerprint density at radius 3 is 2.17 bits per heavy atom. The fraction of sp³-hybridized carbons (Fsp3) is 0.533. The smallest absolute Gasteiger partial charge is 0.269 e. The number of hydrogen-bond donors (Lipinski definition) is 1. The van der Waals surface area contributed by atoms with Gasteiger partial charge in [0.1, 0.15) is 10.6 Å². The minimum absolute atomic E-state index is 0.0405. The van der Waals surface area contributed by atoms with Crippen molar-refractivity contribution in [2.24, 2.45) is 10.9 Å².